The van der Waals surface area contributed by atoms with Gasteiger partial charge in [-0.3, -0.25) is 4.98 Å². The number of nitrogens with zero attached hydrogens (tertiary/aromatic N) is 1. The lowest BCUT2D eigenvalue weighted by Gasteiger charge is -2.26. The van der Waals surface area contributed by atoms with E-state index in [0.29, 0.717) is 0 Å². The van der Waals surface area contributed by atoms with Gasteiger partial charge in [-0.15, -0.1) is 0 Å². The Kier molecular flexibility index (Phi) is 3.77. The van der Waals surface area contributed by atoms with Crippen LogP contribution in [0.25, 0.3) is 10.9 Å². The molecule has 1 aromatic carbocycles. The first-order valence-electron chi connectivity index (χ1n) is 6.07. The van der Waals surface area contributed by atoms with Crippen LogP contribution in [0.4, 0.5) is 0 Å². The lowest BCUT2D eigenvalue weighted by atomic mass is 10.0. The highest BCUT2D eigenvalue weighted by molar-refractivity contribution is 8.06. The zero-order valence-corrected chi connectivity index (χ0v) is 11.6. The van der Waals surface area contributed by atoms with Crippen molar-refractivity contribution >= 4 is 34.4 Å². The van der Waals surface area contributed by atoms with E-state index in [-0.39, 0.29) is 5.25 Å². The van der Waals surface area contributed by atoms with Crippen molar-refractivity contribution in [2.45, 2.75) is 11.4 Å². The zero-order chi connectivity index (χ0) is 12.4. The van der Waals surface area contributed by atoms with Crippen molar-refractivity contribution in [2.24, 2.45) is 0 Å². The maximum Gasteiger partial charge on any atom is 0.0937 e. The summed E-state index contributed by atoms with van der Waals surface area (Å²) in [5.41, 5.74) is 1.90. The van der Waals surface area contributed by atoms with Gasteiger partial charge in [-0.1, -0.05) is 24.3 Å². The Labute approximate surface area is 115 Å². The Morgan fingerprint density at radius 2 is 2.11 bits per heavy atom. The van der Waals surface area contributed by atoms with Crippen LogP contribution >= 0.6 is 23.5 Å². The summed E-state index contributed by atoms with van der Waals surface area (Å²) in [7, 11) is 0. The van der Waals surface area contributed by atoms with Crippen LogP contribution < -0.4 is 0 Å². The summed E-state index contributed by atoms with van der Waals surface area (Å²) >= 11 is 3.81. The van der Waals surface area contributed by atoms with E-state index in [0.717, 1.165) is 28.0 Å². The fourth-order valence-electron chi connectivity index (χ4n) is 2.26. The number of aromatic nitrogens is 1. The Bertz CT molecular complexity index is 535. The van der Waals surface area contributed by atoms with Crippen LogP contribution in [0.3, 0.4) is 0 Å². The third kappa shape index (κ3) is 2.37. The highest BCUT2D eigenvalue weighted by atomic mass is 32.2. The second kappa shape index (κ2) is 5.51. The Hall–Kier alpha value is -0.710. The third-order valence-corrected chi connectivity index (χ3v) is 6.03. The van der Waals surface area contributed by atoms with Crippen molar-refractivity contribution in [3.8, 4) is 0 Å². The van der Waals surface area contributed by atoms with E-state index in [9.17, 15) is 5.11 Å². The fourth-order valence-corrected chi connectivity index (χ4v) is 5.00. The normalized spacial score (nSPS) is 21.9. The van der Waals surface area contributed by atoms with Crippen molar-refractivity contribution < 1.29 is 5.11 Å². The summed E-state index contributed by atoms with van der Waals surface area (Å²) in [5, 5.41) is 12.0. The topological polar surface area (TPSA) is 33.1 Å². The molecule has 0 bridgehead atoms. The minimum Gasteiger partial charge on any atom is -0.387 e. The molecule has 1 N–H and O–H groups in total. The second-order valence-corrected chi connectivity index (χ2v) is 6.85. The lowest BCUT2D eigenvalue weighted by molar-refractivity contribution is 0.182. The van der Waals surface area contributed by atoms with Crippen molar-refractivity contribution in [1.29, 1.82) is 0 Å². The molecule has 2 aromatic rings. The number of benzene rings is 1. The van der Waals surface area contributed by atoms with Crippen LogP contribution in [0, 0.1) is 0 Å². The quantitative estimate of drug-likeness (QED) is 0.914. The Morgan fingerprint density at radius 1 is 1.22 bits per heavy atom. The Morgan fingerprint density at radius 3 is 2.94 bits per heavy atom. The molecule has 1 aliphatic rings. The largest absolute Gasteiger partial charge is 0.387 e. The molecule has 0 amide bonds. The van der Waals surface area contributed by atoms with E-state index >= 15 is 0 Å². The van der Waals surface area contributed by atoms with E-state index in [2.05, 4.69) is 4.98 Å². The average molecular weight is 277 g/mol. The van der Waals surface area contributed by atoms with Gasteiger partial charge in [0.15, 0.2) is 0 Å². The molecule has 1 saturated heterocycles. The van der Waals surface area contributed by atoms with E-state index in [1.165, 1.54) is 5.75 Å². The molecular weight excluding hydrogens is 262 g/mol. The molecule has 18 heavy (non-hydrogen) atoms. The van der Waals surface area contributed by atoms with Crippen molar-refractivity contribution in [3.05, 3.63) is 42.1 Å². The van der Waals surface area contributed by atoms with Gasteiger partial charge in [0.2, 0.25) is 0 Å². The minimum atomic E-state index is -0.415. The van der Waals surface area contributed by atoms with Gasteiger partial charge in [0.1, 0.15) is 0 Å². The van der Waals surface area contributed by atoms with Gasteiger partial charge in [-0.2, -0.15) is 23.5 Å². The maximum absolute atomic E-state index is 10.6. The molecule has 0 spiro atoms. The number of rotatable bonds is 2. The molecule has 94 valence electrons. The predicted octanol–water partition coefficient (Wildman–Crippen LogP) is 3.12. The first-order valence-corrected chi connectivity index (χ1v) is 8.27. The molecule has 4 heteroatoms. The van der Waals surface area contributed by atoms with E-state index in [1.807, 2.05) is 53.9 Å². The molecule has 2 nitrogen and oxygen atoms in total. The highest BCUT2D eigenvalue weighted by Gasteiger charge is 2.25. The van der Waals surface area contributed by atoms with Crippen LogP contribution in [0.15, 0.2) is 36.5 Å². The van der Waals surface area contributed by atoms with Crippen molar-refractivity contribution in [1.82, 2.24) is 4.98 Å². The number of hydrogen-bond donors (Lipinski definition) is 1. The van der Waals surface area contributed by atoms with E-state index in [4.69, 9.17) is 0 Å². The molecule has 1 aromatic heterocycles. The molecule has 0 aliphatic carbocycles. The number of aliphatic hydroxyl groups excluding tert-OH is 1. The van der Waals surface area contributed by atoms with Gasteiger partial charge >= 0.3 is 0 Å². The van der Waals surface area contributed by atoms with Gasteiger partial charge in [-0.25, -0.2) is 0 Å². The van der Waals surface area contributed by atoms with Gasteiger partial charge in [0.25, 0.3) is 0 Å². The van der Waals surface area contributed by atoms with Gasteiger partial charge in [0, 0.05) is 39.7 Å². The van der Waals surface area contributed by atoms with Crippen LogP contribution in [0.2, 0.25) is 0 Å². The standard InChI is InChI=1S/C14H15NOS2/c16-14(12-9-17-7-8-18-12)11-5-1-3-10-4-2-6-15-13(10)11/h1-6,12,14,16H,7-9H2. The predicted molar refractivity (Wildman–Crippen MR) is 80.3 cm³/mol. The zero-order valence-electron chi connectivity index (χ0n) is 9.95. The lowest BCUT2D eigenvalue weighted by Crippen LogP contribution is -2.22. The molecule has 1 fully saturated rings. The molecule has 2 heterocycles. The van der Waals surface area contributed by atoms with Gasteiger partial charge in [-0.05, 0) is 6.07 Å². The molecule has 1 aliphatic heterocycles. The highest BCUT2D eigenvalue weighted by Crippen LogP contribution is 2.35. The number of pyridine rings is 1. The summed E-state index contributed by atoms with van der Waals surface area (Å²) in [6.07, 6.45) is 1.38. The fraction of sp³-hybridized carbons (Fsp3) is 0.357. The second-order valence-electron chi connectivity index (χ2n) is 4.35. The van der Waals surface area contributed by atoms with Crippen LogP contribution in [0.1, 0.15) is 11.7 Å². The molecule has 2 unspecified atom stereocenters. The first kappa shape index (κ1) is 12.3. The summed E-state index contributed by atoms with van der Waals surface area (Å²) in [6.45, 7) is 0. The summed E-state index contributed by atoms with van der Waals surface area (Å²) in [6, 6.07) is 10.0. The SMILES string of the molecule is OC(c1cccc2cccnc12)C1CSCCS1. The van der Waals surface area contributed by atoms with E-state index < -0.39 is 6.10 Å². The van der Waals surface area contributed by atoms with Crippen LogP contribution in [-0.4, -0.2) is 32.6 Å². The minimum absolute atomic E-state index is 0.288. The van der Waals surface area contributed by atoms with Gasteiger partial charge < -0.3 is 5.11 Å². The number of fused-ring (bicyclic) bond motifs is 1. The number of para-hydroxylation sites is 1. The first-order chi connectivity index (χ1) is 8.86. The van der Waals surface area contributed by atoms with Crippen molar-refractivity contribution in [3.63, 3.8) is 0 Å². The van der Waals surface area contributed by atoms with Gasteiger partial charge in [0.05, 0.1) is 11.6 Å². The number of thioether (sulfide) groups is 2. The summed E-state index contributed by atoms with van der Waals surface area (Å²) in [5.74, 6) is 3.35. The molecular formula is C14H15NOS2. The van der Waals surface area contributed by atoms with Crippen molar-refractivity contribution in [2.75, 3.05) is 17.3 Å². The summed E-state index contributed by atoms with van der Waals surface area (Å²) < 4.78 is 0. The smallest absolute Gasteiger partial charge is 0.0937 e. The number of aliphatic hydroxyl groups is 1. The molecule has 2 atom stereocenters. The molecule has 3 rings (SSSR count). The Balaban J connectivity index is 1.97. The summed E-state index contributed by atoms with van der Waals surface area (Å²) in [4.78, 5) is 4.42. The van der Waals surface area contributed by atoms with Crippen LogP contribution in [-0.2, 0) is 0 Å². The van der Waals surface area contributed by atoms with Crippen LogP contribution in [0.5, 0.6) is 0 Å². The van der Waals surface area contributed by atoms with E-state index in [1.54, 1.807) is 6.20 Å². The monoisotopic (exact) mass is 277 g/mol. The molecule has 0 saturated carbocycles. The number of hydrogen-bond acceptors (Lipinski definition) is 4. The third-order valence-electron chi connectivity index (χ3n) is 3.18. The average Bonchev–Trinajstić information content (AvgIpc) is 2.47. The molecule has 0 radical (unpaired) electrons. The maximum atomic E-state index is 10.6.